The van der Waals surface area contributed by atoms with Crippen LogP contribution in [0.4, 0.5) is 5.82 Å². The van der Waals surface area contributed by atoms with Gasteiger partial charge in [0.15, 0.2) is 5.69 Å². The van der Waals surface area contributed by atoms with E-state index in [2.05, 4.69) is 10.4 Å². The van der Waals surface area contributed by atoms with Crippen LogP contribution in [0.15, 0.2) is 36.4 Å². The fourth-order valence-electron chi connectivity index (χ4n) is 3.16. The van der Waals surface area contributed by atoms with Gasteiger partial charge in [-0.3, -0.25) is 14.3 Å². The number of amides is 2. The number of aryl methyl sites for hydroxylation is 1. The molecule has 2 heterocycles. The van der Waals surface area contributed by atoms with Crippen LogP contribution in [0.3, 0.4) is 0 Å². The van der Waals surface area contributed by atoms with Crippen molar-refractivity contribution in [3.63, 3.8) is 0 Å². The van der Waals surface area contributed by atoms with E-state index in [1.54, 1.807) is 18.0 Å². The topological polar surface area (TPSA) is 76.5 Å². The standard InChI is InChI=1S/C19H24N4O3/c1-13-11-23(12-14(2)26-13)19(25)16-10-17(22(3)21-16)20-18(24)9-15-7-5-4-6-8-15/h4-8,10,13-14H,9,11-12H2,1-3H3,(H,20,24). The lowest BCUT2D eigenvalue weighted by Gasteiger charge is -2.34. The first-order valence-corrected chi connectivity index (χ1v) is 8.75. The maximum Gasteiger partial charge on any atom is 0.274 e. The van der Waals surface area contributed by atoms with Gasteiger partial charge in [0.05, 0.1) is 18.6 Å². The van der Waals surface area contributed by atoms with Crippen LogP contribution in [-0.2, 0) is 23.0 Å². The normalized spacial score (nSPS) is 20.0. The molecule has 0 radical (unpaired) electrons. The summed E-state index contributed by atoms with van der Waals surface area (Å²) in [5.41, 5.74) is 1.25. The minimum atomic E-state index is -0.147. The van der Waals surface area contributed by atoms with E-state index < -0.39 is 0 Å². The Morgan fingerprint density at radius 3 is 2.50 bits per heavy atom. The Balaban J connectivity index is 1.66. The van der Waals surface area contributed by atoms with E-state index >= 15 is 0 Å². The van der Waals surface area contributed by atoms with E-state index in [9.17, 15) is 9.59 Å². The van der Waals surface area contributed by atoms with Crippen LogP contribution in [0, 0.1) is 0 Å². The van der Waals surface area contributed by atoms with Gasteiger partial charge in [-0.1, -0.05) is 30.3 Å². The van der Waals surface area contributed by atoms with Crippen molar-refractivity contribution >= 4 is 17.6 Å². The zero-order valence-corrected chi connectivity index (χ0v) is 15.3. The number of carbonyl (C=O) groups excluding carboxylic acids is 2. The highest BCUT2D eigenvalue weighted by Crippen LogP contribution is 2.16. The number of nitrogens with one attached hydrogen (secondary N) is 1. The summed E-state index contributed by atoms with van der Waals surface area (Å²) in [6.07, 6.45) is 0.265. The molecule has 1 aromatic carbocycles. The molecule has 2 atom stereocenters. The van der Waals surface area contributed by atoms with Crippen LogP contribution < -0.4 is 5.32 Å². The third kappa shape index (κ3) is 4.29. The summed E-state index contributed by atoms with van der Waals surface area (Å²) >= 11 is 0. The van der Waals surface area contributed by atoms with Crippen LogP contribution in [0.2, 0.25) is 0 Å². The first-order chi connectivity index (χ1) is 12.4. The van der Waals surface area contributed by atoms with Crippen LogP contribution in [0.5, 0.6) is 0 Å². The SMILES string of the molecule is CC1CN(C(=O)c2cc(NC(=O)Cc3ccccc3)n(C)n2)CC(C)O1. The van der Waals surface area contributed by atoms with Crippen molar-refractivity contribution in [1.82, 2.24) is 14.7 Å². The molecule has 1 N–H and O–H groups in total. The number of anilines is 1. The van der Waals surface area contributed by atoms with Crippen LogP contribution in [0.25, 0.3) is 0 Å². The fraction of sp³-hybridized carbons (Fsp3) is 0.421. The van der Waals surface area contributed by atoms with Crippen molar-refractivity contribution in [1.29, 1.82) is 0 Å². The number of rotatable bonds is 4. The van der Waals surface area contributed by atoms with E-state index in [1.807, 2.05) is 44.2 Å². The number of morpholine rings is 1. The molecule has 0 bridgehead atoms. The maximum absolute atomic E-state index is 12.7. The highest BCUT2D eigenvalue weighted by molar-refractivity contribution is 5.96. The summed E-state index contributed by atoms with van der Waals surface area (Å²) in [6, 6.07) is 11.1. The minimum absolute atomic E-state index is 0.00328. The molecule has 1 fully saturated rings. The molecule has 2 amide bonds. The van der Waals surface area contributed by atoms with Crippen molar-refractivity contribution in [3.05, 3.63) is 47.7 Å². The van der Waals surface area contributed by atoms with E-state index in [0.717, 1.165) is 5.56 Å². The van der Waals surface area contributed by atoms with Gasteiger partial charge >= 0.3 is 0 Å². The quantitative estimate of drug-likeness (QED) is 0.907. The van der Waals surface area contributed by atoms with E-state index in [4.69, 9.17) is 4.74 Å². The number of hydrogen-bond donors (Lipinski definition) is 1. The third-order valence-corrected chi connectivity index (χ3v) is 4.28. The van der Waals surface area contributed by atoms with Gasteiger partial charge in [-0.15, -0.1) is 0 Å². The van der Waals surface area contributed by atoms with Crippen LogP contribution >= 0.6 is 0 Å². The highest BCUT2D eigenvalue weighted by atomic mass is 16.5. The van der Waals surface area contributed by atoms with Crippen molar-refractivity contribution in [3.8, 4) is 0 Å². The summed E-state index contributed by atoms with van der Waals surface area (Å²) in [7, 11) is 1.71. The molecule has 1 aromatic heterocycles. The summed E-state index contributed by atoms with van der Waals surface area (Å²) in [5, 5.41) is 7.09. The maximum atomic E-state index is 12.7. The lowest BCUT2D eigenvalue weighted by Crippen LogP contribution is -2.48. The average molecular weight is 356 g/mol. The molecule has 2 unspecified atom stereocenters. The Kier molecular flexibility index (Phi) is 5.37. The molecule has 26 heavy (non-hydrogen) atoms. The van der Waals surface area contributed by atoms with Gasteiger partial charge < -0.3 is 15.0 Å². The Bertz CT molecular complexity index is 777. The molecule has 0 aliphatic carbocycles. The molecule has 2 aromatic rings. The van der Waals surface area contributed by atoms with Gasteiger partial charge in [-0.2, -0.15) is 5.10 Å². The van der Waals surface area contributed by atoms with Crippen molar-refractivity contribution in [2.45, 2.75) is 32.5 Å². The summed E-state index contributed by atoms with van der Waals surface area (Å²) in [6.45, 7) is 4.97. The Morgan fingerprint density at radius 1 is 1.19 bits per heavy atom. The van der Waals surface area contributed by atoms with Gasteiger partial charge in [0.2, 0.25) is 5.91 Å². The van der Waals surface area contributed by atoms with E-state index in [-0.39, 0.29) is 30.4 Å². The van der Waals surface area contributed by atoms with E-state index in [1.165, 1.54) is 4.68 Å². The average Bonchev–Trinajstić information content (AvgIpc) is 2.94. The Hall–Kier alpha value is -2.67. The molecular weight excluding hydrogens is 332 g/mol. The number of carbonyl (C=O) groups is 2. The minimum Gasteiger partial charge on any atom is -0.372 e. The smallest absolute Gasteiger partial charge is 0.274 e. The molecule has 3 rings (SSSR count). The zero-order valence-electron chi connectivity index (χ0n) is 15.3. The monoisotopic (exact) mass is 356 g/mol. The predicted octanol–water partition coefficient (Wildman–Crippen LogP) is 1.85. The lowest BCUT2D eigenvalue weighted by molar-refractivity contribution is -0.115. The summed E-state index contributed by atoms with van der Waals surface area (Å²) < 4.78 is 7.18. The van der Waals surface area contributed by atoms with Crippen LogP contribution in [-0.4, -0.2) is 51.8 Å². The molecule has 7 heteroatoms. The first-order valence-electron chi connectivity index (χ1n) is 8.75. The molecule has 7 nitrogen and oxygen atoms in total. The molecule has 0 saturated carbocycles. The summed E-state index contributed by atoms with van der Waals surface area (Å²) in [5.74, 6) is 0.210. The Morgan fingerprint density at radius 2 is 1.85 bits per heavy atom. The van der Waals surface area contributed by atoms with E-state index in [0.29, 0.717) is 24.6 Å². The van der Waals surface area contributed by atoms with Crippen molar-refractivity contribution in [2.24, 2.45) is 7.05 Å². The Labute approximate surface area is 152 Å². The van der Waals surface area contributed by atoms with Crippen molar-refractivity contribution in [2.75, 3.05) is 18.4 Å². The number of benzene rings is 1. The number of ether oxygens (including phenoxy) is 1. The molecular formula is C19H24N4O3. The molecule has 1 aliphatic heterocycles. The second-order valence-electron chi connectivity index (χ2n) is 6.72. The number of aromatic nitrogens is 2. The second-order valence-corrected chi connectivity index (χ2v) is 6.72. The third-order valence-electron chi connectivity index (χ3n) is 4.28. The van der Waals surface area contributed by atoms with Gasteiger partial charge in [-0.05, 0) is 19.4 Å². The zero-order chi connectivity index (χ0) is 18.7. The molecule has 0 spiro atoms. The fourth-order valence-corrected chi connectivity index (χ4v) is 3.16. The molecule has 138 valence electrons. The van der Waals surface area contributed by atoms with Gasteiger partial charge in [0.25, 0.3) is 5.91 Å². The molecule has 1 saturated heterocycles. The largest absolute Gasteiger partial charge is 0.372 e. The first kappa shape index (κ1) is 18.1. The lowest BCUT2D eigenvalue weighted by atomic mass is 10.1. The predicted molar refractivity (Wildman–Crippen MR) is 97.9 cm³/mol. The highest BCUT2D eigenvalue weighted by Gasteiger charge is 2.28. The van der Waals surface area contributed by atoms with Crippen molar-refractivity contribution < 1.29 is 14.3 Å². The van der Waals surface area contributed by atoms with Gasteiger partial charge in [-0.25, -0.2) is 0 Å². The summed E-state index contributed by atoms with van der Waals surface area (Å²) in [4.78, 5) is 26.7. The van der Waals surface area contributed by atoms with Crippen LogP contribution in [0.1, 0.15) is 29.9 Å². The number of hydrogen-bond acceptors (Lipinski definition) is 4. The number of nitrogens with zero attached hydrogens (tertiary/aromatic N) is 3. The molecule has 1 aliphatic rings. The second kappa shape index (κ2) is 7.70. The van der Waals surface area contributed by atoms with Gasteiger partial charge in [0, 0.05) is 26.2 Å². The van der Waals surface area contributed by atoms with Gasteiger partial charge in [0.1, 0.15) is 5.82 Å².